The molecular weight excluding hydrogens is 175 g/mol. The summed E-state index contributed by atoms with van der Waals surface area (Å²) in [4.78, 5) is 10.7. The molecule has 2 unspecified atom stereocenters. The highest BCUT2D eigenvalue weighted by Crippen LogP contribution is 2.28. The van der Waals surface area contributed by atoms with E-state index in [-0.39, 0.29) is 5.97 Å². The molecule has 1 saturated heterocycles. The van der Waals surface area contributed by atoms with Crippen LogP contribution in [0.1, 0.15) is 32.1 Å². The molecule has 0 radical (unpaired) electrons. The zero-order valence-electron chi connectivity index (χ0n) is 7.08. The summed E-state index contributed by atoms with van der Waals surface area (Å²) in [5.74, 6) is -1.42. The van der Waals surface area contributed by atoms with Gasteiger partial charge in [-0.15, -0.1) is 9.24 Å². The van der Waals surface area contributed by atoms with Gasteiger partial charge in [-0.1, -0.05) is 0 Å². The van der Waals surface area contributed by atoms with Gasteiger partial charge in [0.05, 0.1) is 6.42 Å². The minimum atomic E-state index is -1.14. The normalized spacial score (nSPS) is 29.0. The first-order chi connectivity index (χ1) is 5.66. The number of ether oxygens (including phenoxy) is 1. The Balaban J connectivity index is 2.25. The van der Waals surface area contributed by atoms with Crippen LogP contribution < -0.4 is 0 Å². The predicted octanol–water partition coefficient (Wildman–Crippen LogP) is 1.06. The number of carbonyl (C=O) groups is 1. The summed E-state index contributed by atoms with van der Waals surface area (Å²) in [5.41, 5.74) is 0. The molecule has 0 aromatic heterocycles. The van der Waals surface area contributed by atoms with Crippen molar-refractivity contribution in [3.8, 4) is 0 Å². The molecule has 0 bridgehead atoms. The van der Waals surface area contributed by atoms with Crippen molar-refractivity contribution in [3.05, 3.63) is 0 Å². The molecule has 0 amide bonds. The minimum Gasteiger partial charge on any atom is -0.433 e. The lowest BCUT2D eigenvalue weighted by atomic mass is 10.1. The predicted molar refractivity (Wildman–Crippen MR) is 48.7 cm³/mol. The quantitative estimate of drug-likeness (QED) is 0.409. The zero-order chi connectivity index (χ0) is 9.03. The van der Waals surface area contributed by atoms with E-state index in [2.05, 4.69) is 9.24 Å². The highest BCUT2D eigenvalue weighted by atomic mass is 31.0. The smallest absolute Gasteiger partial charge is 0.308 e. The Bertz CT molecular complexity index is 172. The molecule has 1 heterocycles. The van der Waals surface area contributed by atoms with Crippen LogP contribution in [-0.4, -0.2) is 23.0 Å². The van der Waals surface area contributed by atoms with E-state index < -0.39 is 5.79 Å². The number of hydrogen-bond donors (Lipinski definition) is 1. The average molecular weight is 190 g/mol. The standard InChI is InChI=1S/C8H15O3P/c9-7-3-5-8(10,11-7)4-1-2-6-12/h10H,1-6,12H2. The van der Waals surface area contributed by atoms with Crippen molar-refractivity contribution in [2.45, 2.75) is 37.9 Å². The van der Waals surface area contributed by atoms with Crippen LogP contribution in [-0.2, 0) is 9.53 Å². The number of esters is 1. The van der Waals surface area contributed by atoms with Crippen molar-refractivity contribution in [1.82, 2.24) is 0 Å². The molecule has 3 nitrogen and oxygen atoms in total. The fourth-order valence-corrected chi connectivity index (χ4v) is 1.62. The molecular formula is C8H15O3P. The Morgan fingerprint density at radius 3 is 2.83 bits per heavy atom. The first kappa shape index (κ1) is 9.94. The largest absolute Gasteiger partial charge is 0.433 e. The van der Waals surface area contributed by atoms with Crippen molar-refractivity contribution in [3.63, 3.8) is 0 Å². The van der Waals surface area contributed by atoms with Gasteiger partial charge in [-0.05, 0) is 19.0 Å². The lowest BCUT2D eigenvalue weighted by Crippen LogP contribution is -2.27. The Labute approximate surface area is 74.7 Å². The third kappa shape index (κ3) is 2.72. The maximum absolute atomic E-state index is 10.7. The van der Waals surface area contributed by atoms with Crippen molar-refractivity contribution < 1.29 is 14.6 Å². The van der Waals surface area contributed by atoms with Crippen LogP contribution in [0.3, 0.4) is 0 Å². The van der Waals surface area contributed by atoms with Crippen LogP contribution >= 0.6 is 9.24 Å². The SMILES string of the molecule is O=C1CCC(O)(CCCCP)O1. The van der Waals surface area contributed by atoms with Gasteiger partial charge in [-0.3, -0.25) is 4.79 Å². The van der Waals surface area contributed by atoms with Crippen molar-refractivity contribution in [2.75, 3.05) is 6.16 Å². The van der Waals surface area contributed by atoms with Gasteiger partial charge in [0, 0.05) is 12.8 Å². The number of hydrogen-bond acceptors (Lipinski definition) is 3. The Kier molecular flexibility index (Phi) is 3.48. The average Bonchev–Trinajstić information content (AvgIpc) is 2.32. The number of cyclic esters (lactones) is 1. The summed E-state index contributed by atoms with van der Waals surface area (Å²) in [6, 6.07) is 0. The monoisotopic (exact) mass is 190 g/mol. The van der Waals surface area contributed by atoms with Gasteiger partial charge < -0.3 is 9.84 Å². The molecule has 1 aliphatic rings. The zero-order valence-corrected chi connectivity index (χ0v) is 8.24. The van der Waals surface area contributed by atoms with Crippen LogP contribution in [0.5, 0.6) is 0 Å². The molecule has 2 atom stereocenters. The lowest BCUT2D eigenvalue weighted by Gasteiger charge is -2.20. The Hall–Kier alpha value is -0.140. The Morgan fingerprint density at radius 2 is 2.33 bits per heavy atom. The molecule has 70 valence electrons. The van der Waals surface area contributed by atoms with E-state index in [9.17, 15) is 9.90 Å². The third-order valence-corrected chi connectivity index (χ3v) is 2.45. The first-order valence-electron chi connectivity index (χ1n) is 4.30. The summed E-state index contributed by atoms with van der Waals surface area (Å²) in [6.45, 7) is 0. The second-order valence-electron chi connectivity index (χ2n) is 3.17. The van der Waals surface area contributed by atoms with E-state index in [0.29, 0.717) is 19.3 Å². The van der Waals surface area contributed by atoms with E-state index in [1.54, 1.807) is 0 Å². The molecule has 4 heteroatoms. The van der Waals surface area contributed by atoms with E-state index in [1.807, 2.05) is 0 Å². The van der Waals surface area contributed by atoms with Crippen LogP contribution in [0, 0.1) is 0 Å². The van der Waals surface area contributed by atoms with Crippen molar-refractivity contribution in [1.29, 1.82) is 0 Å². The van der Waals surface area contributed by atoms with Gasteiger partial charge in [0.1, 0.15) is 0 Å². The molecule has 12 heavy (non-hydrogen) atoms. The van der Waals surface area contributed by atoms with Crippen molar-refractivity contribution in [2.24, 2.45) is 0 Å². The number of aliphatic hydroxyl groups is 1. The van der Waals surface area contributed by atoms with Crippen LogP contribution in [0.25, 0.3) is 0 Å². The minimum absolute atomic E-state index is 0.275. The molecule has 0 aromatic rings. The maximum Gasteiger partial charge on any atom is 0.308 e. The molecule has 1 aliphatic heterocycles. The second kappa shape index (κ2) is 4.20. The highest BCUT2D eigenvalue weighted by molar-refractivity contribution is 7.16. The molecule has 0 aromatic carbocycles. The van der Waals surface area contributed by atoms with Gasteiger partial charge in [0.25, 0.3) is 0 Å². The van der Waals surface area contributed by atoms with Gasteiger partial charge in [0.2, 0.25) is 5.79 Å². The summed E-state index contributed by atoms with van der Waals surface area (Å²) >= 11 is 0. The number of carbonyl (C=O) groups excluding carboxylic acids is 1. The highest BCUT2D eigenvalue weighted by Gasteiger charge is 2.37. The van der Waals surface area contributed by atoms with Crippen LogP contribution in [0.4, 0.5) is 0 Å². The topological polar surface area (TPSA) is 46.5 Å². The molecule has 1 rings (SSSR count). The van der Waals surface area contributed by atoms with E-state index >= 15 is 0 Å². The van der Waals surface area contributed by atoms with E-state index in [4.69, 9.17) is 4.74 Å². The van der Waals surface area contributed by atoms with Gasteiger partial charge >= 0.3 is 5.97 Å². The van der Waals surface area contributed by atoms with Gasteiger partial charge in [0.15, 0.2) is 0 Å². The number of rotatable bonds is 4. The fraction of sp³-hybridized carbons (Fsp3) is 0.875. The van der Waals surface area contributed by atoms with Crippen LogP contribution in [0.2, 0.25) is 0 Å². The molecule has 0 saturated carbocycles. The number of unbranched alkanes of at least 4 members (excludes halogenated alkanes) is 1. The summed E-state index contributed by atoms with van der Waals surface area (Å²) in [5, 5.41) is 9.64. The third-order valence-electron chi connectivity index (χ3n) is 2.05. The molecule has 1 N–H and O–H groups in total. The van der Waals surface area contributed by atoms with Crippen molar-refractivity contribution >= 4 is 15.2 Å². The van der Waals surface area contributed by atoms with Gasteiger partial charge in [-0.25, -0.2) is 0 Å². The molecule has 1 fully saturated rings. The molecule has 0 aliphatic carbocycles. The second-order valence-corrected chi connectivity index (χ2v) is 3.74. The summed E-state index contributed by atoms with van der Waals surface area (Å²) in [7, 11) is 2.63. The Morgan fingerprint density at radius 1 is 1.58 bits per heavy atom. The van der Waals surface area contributed by atoms with Crippen LogP contribution in [0.15, 0.2) is 0 Å². The summed E-state index contributed by atoms with van der Waals surface area (Å²) < 4.78 is 4.81. The lowest BCUT2D eigenvalue weighted by molar-refractivity contribution is -0.190. The molecule has 0 spiro atoms. The maximum atomic E-state index is 10.7. The van der Waals surface area contributed by atoms with E-state index in [1.165, 1.54) is 0 Å². The van der Waals surface area contributed by atoms with E-state index in [0.717, 1.165) is 19.0 Å². The van der Waals surface area contributed by atoms with Gasteiger partial charge in [-0.2, -0.15) is 0 Å². The fourth-order valence-electron chi connectivity index (χ4n) is 1.33. The first-order valence-corrected chi connectivity index (χ1v) is 5.12. The summed E-state index contributed by atoms with van der Waals surface area (Å²) in [6.07, 6.45) is 4.38.